The van der Waals surface area contributed by atoms with Crippen molar-refractivity contribution in [2.24, 2.45) is 5.92 Å². The number of sulfone groups is 1. The molecule has 118 valence electrons. The van der Waals surface area contributed by atoms with Crippen molar-refractivity contribution >= 4 is 31.5 Å². The van der Waals surface area contributed by atoms with Gasteiger partial charge in [0.05, 0.1) is 16.4 Å². The third kappa shape index (κ3) is 4.95. The molecule has 1 saturated heterocycles. The molecule has 1 unspecified atom stereocenters. The lowest BCUT2D eigenvalue weighted by Gasteiger charge is -2.09. The van der Waals surface area contributed by atoms with Crippen LogP contribution in [0.2, 0.25) is 5.02 Å². The Morgan fingerprint density at radius 1 is 1.24 bits per heavy atom. The lowest BCUT2D eigenvalue weighted by molar-refractivity contribution is 0.512. The second-order valence-corrected chi connectivity index (χ2v) is 9.70. The summed E-state index contributed by atoms with van der Waals surface area (Å²) in [6.07, 6.45) is 2.04. The predicted molar refractivity (Wildman–Crippen MR) is 82.6 cm³/mol. The standard InChI is InChI=1S/C13H18ClNO4S2/c14-12-3-5-13(6-4-12)21(18,19)15-8-1-2-11-7-9-20(16,17)10-11/h3-6,11,15H,1-2,7-10H2. The van der Waals surface area contributed by atoms with Crippen LogP contribution in [0.5, 0.6) is 0 Å². The zero-order chi connectivity index (χ0) is 15.5. The monoisotopic (exact) mass is 351 g/mol. The highest BCUT2D eigenvalue weighted by Crippen LogP contribution is 2.22. The molecule has 1 aliphatic rings. The molecule has 1 aliphatic heterocycles. The minimum Gasteiger partial charge on any atom is -0.229 e. The van der Waals surface area contributed by atoms with Crippen molar-refractivity contribution in [3.63, 3.8) is 0 Å². The Bertz CT molecular complexity index is 683. The summed E-state index contributed by atoms with van der Waals surface area (Å²) in [5, 5.41) is 0.483. The number of halogens is 1. The largest absolute Gasteiger partial charge is 0.240 e. The van der Waals surface area contributed by atoms with Crippen LogP contribution >= 0.6 is 11.6 Å². The first-order valence-electron chi connectivity index (χ1n) is 6.74. The summed E-state index contributed by atoms with van der Waals surface area (Å²) in [5.74, 6) is 0.653. The Hall–Kier alpha value is -0.630. The molecule has 8 heteroatoms. The van der Waals surface area contributed by atoms with Crippen molar-refractivity contribution in [3.8, 4) is 0 Å². The van der Waals surface area contributed by atoms with Gasteiger partial charge in [0.25, 0.3) is 0 Å². The summed E-state index contributed by atoms with van der Waals surface area (Å²) < 4.78 is 49.2. The maximum atomic E-state index is 12.0. The molecule has 1 aromatic rings. The van der Waals surface area contributed by atoms with Crippen molar-refractivity contribution in [2.45, 2.75) is 24.2 Å². The number of hydrogen-bond donors (Lipinski definition) is 1. The van der Waals surface area contributed by atoms with Gasteiger partial charge in [-0.05, 0) is 49.4 Å². The fourth-order valence-electron chi connectivity index (χ4n) is 2.39. The van der Waals surface area contributed by atoms with Gasteiger partial charge in [-0.2, -0.15) is 0 Å². The van der Waals surface area contributed by atoms with Crippen LogP contribution < -0.4 is 4.72 Å². The van der Waals surface area contributed by atoms with Gasteiger partial charge in [-0.15, -0.1) is 0 Å². The lowest BCUT2D eigenvalue weighted by atomic mass is 10.0. The number of nitrogens with one attached hydrogen (secondary N) is 1. The molecule has 0 saturated carbocycles. The Labute approximate surface area is 130 Å². The van der Waals surface area contributed by atoms with Crippen molar-refractivity contribution in [1.82, 2.24) is 4.72 Å². The molecule has 1 atom stereocenters. The van der Waals surface area contributed by atoms with Crippen LogP contribution in [0.1, 0.15) is 19.3 Å². The maximum absolute atomic E-state index is 12.0. The van der Waals surface area contributed by atoms with Crippen LogP contribution in [0.4, 0.5) is 0 Å². The van der Waals surface area contributed by atoms with E-state index in [4.69, 9.17) is 11.6 Å². The van der Waals surface area contributed by atoms with Crippen LogP contribution in [-0.4, -0.2) is 34.9 Å². The number of rotatable bonds is 6. The highest BCUT2D eigenvalue weighted by atomic mass is 35.5. The summed E-state index contributed by atoms with van der Waals surface area (Å²) in [5.41, 5.74) is 0. The number of sulfonamides is 1. The van der Waals surface area contributed by atoms with Crippen molar-refractivity contribution in [2.75, 3.05) is 18.1 Å². The highest BCUT2D eigenvalue weighted by molar-refractivity contribution is 7.91. The number of benzene rings is 1. The van der Waals surface area contributed by atoms with E-state index >= 15 is 0 Å². The molecular weight excluding hydrogens is 334 g/mol. The molecule has 1 fully saturated rings. The first-order chi connectivity index (χ1) is 9.78. The SMILES string of the molecule is O=S1(=O)CCC(CCCNS(=O)(=O)c2ccc(Cl)cc2)C1. The molecule has 0 aliphatic carbocycles. The molecule has 1 aromatic carbocycles. The van der Waals surface area contributed by atoms with E-state index < -0.39 is 19.9 Å². The average molecular weight is 352 g/mol. The van der Waals surface area contributed by atoms with E-state index in [2.05, 4.69) is 4.72 Å². The molecule has 0 spiro atoms. The molecule has 2 rings (SSSR count). The Morgan fingerprint density at radius 3 is 2.48 bits per heavy atom. The second kappa shape index (κ2) is 6.64. The van der Waals surface area contributed by atoms with E-state index in [9.17, 15) is 16.8 Å². The summed E-state index contributed by atoms with van der Waals surface area (Å²) in [6.45, 7) is 0.307. The van der Waals surface area contributed by atoms with Gasteiger partial charge in [0.15, 0.2) is 9.84 Å². The molecule has 0 bridgehead atoms. The lowest BCUT2D eigenvalue weighted by Crippen LogP contribution is -2.25. The molecule has 1 heterocycles. The zero-order valence-corrected chi connectivity index (χ0v) is 13.8. The van der Waals surface area contributed by atoms with E-state index in [1.807, 2.05) is 0 Å². The normalized spacial score (nSPS) is 21.5. The van der Waals surface area contributed by atoms with Gasteiger partial charge >= 0.3 is 0 Å². The first kappa shape index (κ1) is 16.7. The average Bonchev–Trinajstić information content (AvgIpc) is 2.75. The second-order valence-electron chi connectivity index (χ2n) is 5.26. The zero-order valence-electron chi connectivity index (χ0n) is 11.5. The Morgan fingerprint density at radius 2 is 1.90 bits per heavy atom. The van der Waals surface area contributed by atoms with E-state index in [-0.39, 0.29) is 22.3 Å². The van der Waals surface area contributed by atoms with E-state index in [0.717, 1.165) is 6.42 Å². The molecule has 0 radical (unpaired) electrons. The molecule has 0 aromatic heterocycles. The quantitative estimate of drug-likeness (QED) is 0.793. The van der Waals surface area contributed by atoms with Gasteiger partial charge in [-0.25, -0.2) is 21.6 Å². The van der Waals surface area contributed by atoms with Gasteiger partial charge in [-0.1, -0.05) is 11.6 Å². The van der Waals surface area contributed by atoms with Gasteiger partial charge in [0, 0.05) is 11.6 Å². The predicted octanol–water partition coefficient (Wildman–Crippen LogP) is 1.83. The topological polar surface area (TPSA) is 80.3 Å². The van der Waals surface area contributed by atoms with Gasteiger partial charge in [0.1, 0.15) is 0 Å². The van der Waals surface area contributed by atoms with E-state index in [1.165, 1.54) is 24.3 Å². The van der Waals surface area contributed by atoms with Crippen LogP contribution in [0.15, 0.2) is 29.2 Å². The van der Waals surface area contributed by atoms with Crippen molar-refractivity contribution in [3.05, 3.63) is 29.3 Å². The number of hydrogen-bond acceptors (Lipinski definition) is 4. The van der Waals surface area contributed by atoms with Gasteiger partial charge in [0.2, 0.25) is 10.0 Å². The third-order valence-electron chi connectivity index (χ3n) is 3.53. The molecule has 1 N–H and O–H groups in total. The molecule has 0 amide bonds. The Balaban J connectivity index is 1.79. The fraction of sp³-hybridized carbons (Fsp3) is 0.538. The minimum atomic E-state index is -3.52. The fourth-order valence-corrected chi connectivity index (χ4v) is 5.50. The summed E-state index contributed by atoms with van der Waals surface area (Å²) >= 11 is 5.72. The van der Waals surface area contributed by atoms with Crippen LogP contribution in [-0.2, 0) is 19.9 Å². The molecular formula is C13H18ClNO4S2. The van der Waals surface area contributed by atoms with Crippen molar-refractivity contribution < 1.29 is 16.8 Å². The van der Waals surface area contributed by atoms with Crippen molar-refractivity contribution in [1.29, 1.82) is 0 Å². The third-order valence-corrected chi connectivity index (χ3v) is 7.10. The van der Waals surface area contributed by atoms with E-state index in [0.29, 0.717) is 24.4 Å². The Kier molecular flexibility index (Phi) is 5.29. The molecule has 21 heavy (non-hydrogen) atoms. The van der Waals surface area contributed by atoms with E-state index in [1.54, 1.807) is 0 Å². The smallest absolute Gasteiger partial charge is 0.229 e. The summed E-state index contributed by atoms with van der Waals surface area (Å²) in [4.78, 5) is 0.176. The summed E-state index contributed by atoms with van der Waals surface area (Å²) in [7, 11) is -6.38. The van der Waals surface area contributed by atoms with Gasteiger partial charge in [-0.3, -0.25) is 0 Å². The van der Waals surface area contributed by atoms with Crippen LogP contribution in [0.3, 0.4) is 0 Å². The van der Waals surface area contributed by atoms with Crippen LogP contribution in [0, 0.1) is 5.92 Å². The molecule has 5 nitrogen and oxygen atoms in total. The summed E-state index contributed by atoms with van der Waals surface area (Å²) in [6, 6.07) is 5.96. The highest BCUT2D eigenvalue weighted by Gasteiger charge is 2.27. The maximum Gasteiger partial charge on any atom is 0.240 e. The first-order valence-corrected chi connectivity index (χ1v) is 10.4. The van der Waals surface area contributed by atoms with Gasteiger partial charge < -0.3 is 0 Å². The minimum absolute atomic E-state index is 0.162. The van der Waals surface area contributed by atoms with Crippen LogP contribution in [0.25, 0.3) is 0 Å².